The van der Waals surface area contributed by atoms with Gasteiger partial charge in [0.2, 0.25) is 11.9 Å². The van der Waals surface area contributed by atoms with Crippen LogP contribution in [-0.4, -0.2) is 40.7 Å². The van der Waals surface area contributed by atoms with Crippen LogP contribution in [0.5, 0.6) is 6.01 Å². The van der Waals surface area contributed by atoms with Crippen molar-refractivity contribution in [1.29, 1.82) is 0 Å². The van der Waals surface area contributed by atoms with Crippen molar-refractivity contribution in [2.45, 2.75) is 0 Å². The van der Waals surface area contributed by atoms with Crippen molar-refractivity contribution in [2.75, 3.05) is 19.0 Å². The molecular formula is C12H12ClN5O3. The van der Waals surface area contributed by atoms with Crippen LogP contribution in [0.15, 0.2) is 24.3 Å². The van der Waals surface area contributed by atoms with E-state index in [-0.39, 0.29) is 18.5 Å². The average Bonchev–Trinajstić information content (AvgIpc) is 2.92. The fraction of sp³-hybridized carbons (Fsp3) is 0.167. The maximum absolute atomic E-state index is 11.8. The van der Waals surface area contributed by atoms with Crippen LogP contribution in [0.25, 0.3) is 0 Å². The molecule has 8 nitrogen and oxygen atoms in total. The van der Waals surface area contributed by atoms with Crippen molar-refractivity contribution < 1.29 is 14.3 Å². The number of halogens is 1. The van der Waals surface area contributed by atoms with Gasteiger partial charge < -0.3 is 10.1 Å². The molecule has 0 spiro atoms. The van der Waals surface area contributed by atoms with E-state index in [4.69, 9.17) is 16.3 Å². The lowest BCUT2D eigenvalue weighted by Crippen LogP contribution is -2.33. The Morgan fingerprint density at radius 2 is 2.24 bits per heavy atom. The molecule has 2 amide bonds. The third-order valence-electron chi connectivity index (χ3n) is 2.40. The Bertz CT molecular complexity index is 658. The summed E-state index contributed by atoms with van der Waals surface area (Å²) in [4.78, 5) is 27.2. The summed E-state index contributed by atoms with van der Waals surface area (Å²) in [5, 5.41) is 11.5. The number of hydrogen-bond acceptors (Lipinski definition) is 5. The number of anilines is 1. The molecule has 0 saturated heterocycles. The zero-order valence-corrected chi connectivity index (χ0v) is 11.8. The van der Waals surface area contributed by atoms with Gasteiger partial charge in [0.15, 0.2) is 0 Å². The number of methoxy groups -OCH3 is 1. The van der Waals surface area contributed by atoms with Crippen molar-refractivity contribution in [1.82, 2.24) is 20.5 Å². The number of nitrogens with zero attached hydrogens (tertiary/aromatic N) is 2. The second kappa shape index (κ2) is 6.71. The normalized spacial score (nSPS) is 10.0. The molecule has 0 bridgehead atoms. The molecule has 1 aromatic heterocycles. The van der Waals surface area contributed by atoms with E-state index in [1.54, 1.807) is 18.2 Å². The first kappa shape index (κ1) is 14.8. The summed E-state index contributed by atoms with van der Waals surface area (Å²) in [7, 11) is 1.40. The highest BCUT2D eigenvalue weighted by Gasteiger charge is 2.10. The molecule has 0 atom stereocenters. The smallest absolute Gasteiger partial charge is 0.336 e. The van der Waals surface area contributed by atoms with Crippen molar-refractivity contribution in [3.63, 3.8) is 0 Å². The van der Waals surface area contributed by atoms with E-state index < -0.39 is 11.8 Å². The Balaban J connectivity index is 1.85. The van der Waals surface area contributed by atoms with E-state index in [9.17, 15) is 9.59 Å². The molecule has 21 heavy (non-hydrogen) atoms. The number of carbonyl (C=O) groups excluding carboxylic acids is 2. The fourth-order valence-electron chi connectivity index (χ4n) is 1.46. The highest BCUT2D eigenvalue weighted by molar-refractivity contribution is 6.30. The van der Waals surface area contributed by atoms with E-state index in [0.717, 1.165) is 0 Å². The Hall–Kier alpha value is -2.61. The molecule has 0 fully saturated rings. The summed E-state index contributed by atoms with van der Waals surface area (Å²) in [5.74, 6) is -0.721. The molecule has 0 saturated carbocycles. The second-order valence-corrected chi connectivity index (χ2v) is 4.35. The van der Waals surface area contributed by atoms with Gasteiger partial charge in [0.1, 0.15) is 0 Å². The molecule has 0 aliphatic heterocycles. The Kier molecular flexibility index (Phi) is 4.72. The molecule has 3 N–H and O–H groups in total. The average molecular weight is 310 g/mol. The van der Waals surface area contributed by atoms with Crippen molar-refractivity contribution in [2.24, 2.45) is 0 Å². The summed E-state index contributed by atoms with van der Waals surface area (Å²) in [5.41, 5.74) is 0.372. The molecule has 1 heterocycles. The maximum atomic E-state index is 11.8. The number of carbonyl (C=O) groups is 2. The topological polar surface area (TPSA) is 109 Å². The zero-order valence-electron chi connectivity index (χ0n) is 11.0. The number of rotatable bonds is 5. The second-order valence-electron chi connectivity index (χ2n) is 3.91. The molecule has 9 heteroatoms. The molecular weight excluding hydrogens is 298 g/mol. The number of aromatic amines is 1. The molecule has 0 unspecified atom stereocenters. The number of nitrogens with one attached hydrogen (secondary N) is 3. The number of amides is 2. The van der Waals surface area contributed by atoms with Gasteiger partial charge in [0, 0.05) is 10.6 Å². The summed E-state index contributed by atoms with van der Waals surface area (Å²) < 4.78 is 4.76. The zero-order chi connectivity index (χ0) is 15.2. The van der Waals surface area contributed by atoms with E-state index >= 15 is 0 Å². The van der Waals surface area contributed by atoms with Crippen LogP contribution < -0.4 is 15.4 Å². The highest BCUT2D eigenvalue weighted by atomic mass is 35.5. The van der Waals surface area contributed by atoms with Crippen LogP contribution in [-0.2, 0) is 4.79 Å². The number of aromatic nitrogens is 3. The summed E-state index contributed by atoms with van der Waals surface area (Å²) in [6.07, 6.45) is 0. The van der Waals surface area contributed by atoms with E-state index in [1.807, 2.05) is 0 Å². The van der Waals surface area contributed by atoms with Crippen molar-refractivity contribution in [3.8, 4) is 6.01 Å². The van der Waals surface area contributed by atoms with Gasteiger partial charge in [-0.15, -0.1) is 5.10 Å². The summed E-state index contributed by atoms with van der Waals surface area (Å²) in [6, 6.07) is 6.52. The standard InChI is InChI=1S/C12H12ClN5O3/c1-21-12-16-11(17-18-12)15-9(19)6-14-10(20)7-3-2-4-8(13)5-7/h2-5H,6H2,1H3,(H,14,20)(H2,15,16,17,18,19). The van der Waals surface area contributed by atoms with Gasteiger partial charge >= 0.3 is 6.01 Å². The highest BCUT2D eigenvalue weighted by Crippen LogP contribution is 2.10. The first-order valence-electron chi connectivity index (χ1n) is 5.88. The van der Waals surface area contributed by atoms with Gasteiger partial charge in [0.05, 0.1) is 13.7 Å². The minimum atomic E-state index is -0.454. The lowest BCUT2D eigenvalue weighted by Gasteiger charge is -2.05. The molecule has 2 aromatic rings. The SMILES string of the molecule is COc1n[nH]c(NC(=O)CNC(=O)c2cccc(Cl)c2)n1. The monoisotopic (exact) mass is 309 g/mol. The Labute approximate surface area is 124 Å². The van der Waals surface area contributed by atoms with Crippen LogP contribution >= 0.6 is 11.6 Å². The van der Waals surface area contributed by atoms with Gasteiger partial charge in [-0.25, -0.2) is 5.10 Å². The third kappa shape index (κ3) is 4.18. The predicted molar refractivity (Wildman–Crippen MR) is 75.3 cm³/mol. The molecule has 2 rings (SSSR count). The quantitative estimate of drug-likeness (QED) is 0.758. The van der Waals surface area contributed by atoms with E-state index in [2.05, 4.69) is 25.8 Å². The maximum Gasteiger partial charge on any atom is 0.336 e. The summed E-state index contributed by atoms with van der Waals surface area (Å²) in [6.45, 7) is -0.214. The van der Waals surface area contributed by atoms with Gasteiger partial charge in [-0.05, 0) is 18.2 Å². The van der Waals surface area contributed by atoms with E-state index in [1.165, 1.54) is 13.2 Å². The number of ether oxygens (including phenoxy) is 1. The number of H-pyrrole nitrogens is 1. The van der Waals surface area contributed by atoms with Crippen LogP contribution in [0.2, 0.25) is 5.02 Å². The number of hydrogen-bond donors (Lipinski definition) is 3. The van der Waals surface area contributed by atoms with Crippen LogP contribution in [0, 0.1) is 0 Å². The van der Waals surface area contributed by atoms with Gasteiger partial charge in [-0.3, -0.25) is 14.9 Å². The first-order valence-corrected chi connectivity index (χ1v) is 6.26. The van der Waals surface area contributed by atoms with Gasteiger partial charge in [0.25, 0.3) is 5.91 Å². The predicted octanol–water partition coefficient (Wildman–Crippen LogP) is 0.835. The molecule has 110 valence electrons. The van der Waals surface area contributed by atoms with Crippen LogP contribution in [0.1, 0.15) is 10.4 Å². The van der Waals surface area contributed by atoms with Crippen molar-refractivity contribution in [3.05, 3.63) is 34.9 Å². The Morgan fingerprint density at radius 1 is 1.43 bits per heavy atom. The van der Waals surface area contributed by atoms with Gasteiger partial charge in [-0.1, -0.05) is 17.7 Å². The minimum Gasteiger partial charge on any atom is -0.466 e. The molecule has 0 aliphatic carbocycles. The molecule has 0 radical (unpaired) electrons. The van der Waals surface area contributed by atoms with Gasteiger partial charge in [-0.2, -0.15) is 4.98 Å². The van der Waals surface area contributed by atoms with E-state index in [0.29, 0.717) is 10.6 Å². The summed E-state index contributed by atoms with van der Waals surface area (Å²) >= 11 is 5.78. The lowest BCUT2D eigenvalue weighted by molar-refractivity contribution is -0.115. The number of benzene rings is 1. The largest absolute Gasteiger partial charge is 0.466 e. The molecule has 1 aromatic carbocycles. The first-order chi connectivity index (χ1) is 10.1. The Morgan fingerprint density at radius 3 is 2.90 bits per heavy atom. The van der Waals surface area contributed by atoms with Crippen LogP contribution in [0.3, 0.4) is 0 Å². The lowest BCUT2D eigenvalue weighted by atomic mass is 10.2. The van der Waals surface area contributed by atoms with Crippen LogP contribution in [0.4, 0.5) is 5.95 Å². The fourth-order valence-corrected chi connectivity index (χ4v) is 1.65. The third-order valence-corrected chi connectivity index (χ3v) is 2.64. The van der Waals surface area contributed by atoms with Crippen molar-refractivity contribution >= 4 is 29.4 Å². The molecule has 0 aliphatic rings. The minimum absolute atomic E-state index is 0.105.